The normalized spacial score (nSPS) is 46.0. The van der Waals surface area contributed by atoms with Crippen LogP contribution in [0, 0.1) is 0 Å². The Balaban J connectivity index is 1.68. The Hall–Kier alpha value is -1.26. The molecule has 4 heterocycles. The molecular formula is C15H22N2O7. The van der Waals surface area contributed by atoms with Crippen molar-refractivity contribution in [2.24, 2.45) is 0 Å². The number of rotatable bonds is 1. The van der Waals surface area contributed by atoms with Crippen LogP contribution in [-0.2, 0) is 33.3 Å². The average molecular weight is 342 g/mol. The van der Waals surface area contributed by atoms with E-state index in [1.54, 1.807) is 27.7 Å². The fourth-order valence-corrected chi connectivity index (χ4v) is 3.74. The average Bonchev–Trinajstić information content (AvgIpc) is 3.06. The Morgan fingerprint density at radius 2 is 1.71 bits per heavy atom. The molecule has 4 aliphatic rings. The second-order valence-corrected chi connectivity index (χ2v) is 7.44. The van der Waals surface area contributed by atoms with Gasteiger partial charge < -0.3 is 34.3 Å². The summed E-state index contributed by atoms with van der Waals surface area (Å²) < 4.78 is 29.4. The van der Waals surface area contributed by atoms with E-state index >= 15 is 0 Å². The van der Waals surface area contributed by atoms with Gasteiger partial charge in [0.2, 0.25) is 5.91 Å². The second kappa shape index (κ2) is 4.89. The number of amides is 2. The van der Waals surface area contributed by atoms with Gasteiger partial charge in [-0.25, -0.2) is 0 Å². The van der Waals surface area contributed by atoms with Crippen molar-refractivity contribution in [2.75, 3.05) is 13.2 Å². The van der Waals surface area contributed by atoms with Gasteiger partial charge in [0.05, 0.1) is 13.2 Å². The molecule has 2 N–H and O–H groups in total. The van der Waals surface area contributed by atoms with Crippen LogP contribution in [0.25, 0.3) is 0 Å². The van der Waals surface area contributed by atoms with Crippen molar-refractivity contribution in [3.63, 3.8) is 0 Å². The first-order valence-electron chi connectivity index (χ1n) is 8.06. The molecule has 134 valence electrons. The molecule has 2 amide bonds. The highest BCUT2D eigenvalue weighted by Crippen LogP contribution is 2.46. The SMILES string of the molecule is CC1(C)OC[C@H]([C@H]2O[C@@]3(NC(=O)CNC3=O)[C@H]3OC(C)(C)O[C@@H]23)O1. The summed E-state index contributed by atoms with van der Waals surface area (Å²) in [5, 5.41) is 5.20. The first kappa shape index (κ1) is 16.2. The summed E-state index contributed by atoms with van der Waals surface area (Å²) in [7, 11) is 0. The molecule has 4 aliphatic heterocycles. The van der Waals surface area contributed by atoms with Crippen LogP contribution in [0.15, 0.2) is 0 Å². The highest BCUT2D eigenvalue weighted by molar-refractivity contribution is 5.97. The third kappa shape index (κ3) is 2.34. The van der Waals surface area contributed by atoms with Gasteiger partial charge in [0.1, 0.15) is 24.4 Å². The van der Waals surface area contributed by atoms with Gasteiger partial charge >= 0.3 is 0 Å². The molecule has 0 bridgehead atoms. The first-order chi connectivity index (χ1) is 11.1. The molecule has 1 spiro atoms. The molecule has 0 aromatic carbocycles. The number of hydrogen-bond acceptors (Lipinski definition) is 7. The Labute approximate surface area is 139 Å². The van der Waals surface area contributed by atoms with E-state index in [-0.39, 0.29) is 12.5 Å². The molecule has 0 saturated carbocycles. The van der Waals surface area contributed by atoms with Gasteiger partial charge in [0.25, 0.3) is 11.6 Å². The monoisotopic (exact) mass is 342 g/mol. The highest BCUT2D eigenvalue weighted by Gasteiger charge is 2.69. The van der Waals surface area contributed by atoms with Crippen molar-refractivity contribution < 1.29 is 33.3 Å². The summed E-state index contributed by atoms with van der Waals surface area (Å²) in [6, 6.07) is 0. The summed E-state index contributed by atoms with van der Waals surface area (Å²) in [4.78, 5) is 24.4. The summed E-state index contributed by atoms with van der Waals surface area (Å²) >= 11 is 0. The van der Waals surface area contributed by atoms with E-state index in [0.29, 0.717) is 6.61 Å². The Morgan fingerprint density at radius 1 is 0.958 bits per heavy atom. The summed E-state index contributed by atoms with van der Waals surface area (Å²) in [6.07, 6.45) is -2.38. The molecule has 4 fully saturated rings. The molecule has 0 radical (unpaired) electrons. The van der Waals surface area contributed by atoms with Crippen LogP contribution < -0.4 is 10.6 Å². The third-order valence-corrected chi connectivity index (χ3v) is 4.64. The van der Waals surface area contributed by atoms with E-state index in [1.165, 1.54) is 0 Å². The van der Waals surface area contributed by atoms with Gasteiger partial charge in [-0.1, -0.05) is 0 Å². The van der Waals surface area contributed by atoms with Gasteiger partial charge in [-0.3, -0.25) is 9.59 Å². The van der Waals surface area contributed by atoms with Gasteiger partial charge in [0.15, 0.2) is 11.6 Å². The lowest BCUT2D eigenvalue weighted by atomic mass is 9.98. The molecule has 5 atom stereocenters. The van der Waals surface area contributed by atoms with E-state index in [0.717, 1.165) is 0 Å². The van der Waals surface area contributed by atoms with Gasteiger partial charge in [0, 0.05) is 0 Å². The van der Waals surface area contributed by atoms with Crippen molar-refractivity contribution in [1.29, 1.82) is 0 Å². The fourth-order valence-electron chi connectivity index (χ4n) is 3.74. The quantitative estimate of drug-likeness (QED) is 0.630. The number of ether oxygens (including phenoxy) is 5. The lowest BCUT2D eigenvalue weighted by molar-refractivity contribution is -0.232. The molecule has 4 rings (SSSR count). The molecule has 0 unspecified atom stereocenters. The Bertz CT molecular complexity index is 592. The Kier molecular flexibility index (Phi) is 3.30. The van der Waals surface area contributed by atoms with Gasteiger partial charge in [-0.05, 0) is 27.7 Å². The zero-order valence-corrected chi connectivity index (χ0v) is 14.1. The van der Waals surface area contributed by atoms with Crippen LogP contribution in [0.4, 0.5) is 0 Å². The van der Waals surface area contributed by atoms with Crippen molar-refractivity contribution >= 4 is 11.8 Å². The maximum atomic E-state index is 12.5. The van der Waals surface area contributed by atoms with Crippen LogP contribution in [0.2, 0.25) is 0 Å². The second-order valence-electron chi connectivity index (χ2n) is 7.44. The maximum Gasteiger partial charge on any atom is 0.276 e. The zero-order valence-electron chi connectivity index (χ0n) is 14.1. The number of carbonyl (C=O) groups is 2. The number of fused-ring (bicyclic) bond motifs is 2. The summed E-state index contributed by atoms with van der Waals surface area (Å²) in [6.45, 7) is 7.34. The van der Waals surface area contributed by atoms with E-state index in [4.69, 9.17) is 23.7 Å². The van der Waals surface area contributed by atoms with Gasteiger partial charge in [-0.15, -0.1) is 0 Å². The standard InChI is InChI=1S/C15H22N2O7/c1-13(2)20-6-7(21-13)9-10-11(24-14(3,4)22-10)15(23-9)12(19)16-5-8(18)17-15/h7,9-11H,5-6H2,1-4H3,(H,16,19)(H,17,18)/t7-,9-,10+,11+,15+/m1/s1. The van der Waals surface area contributed by atoms with Gasteiger partial charge in [-0.2, -0.15) is 0 Å². The highest BCUT2D eigenvalue weighted by atomic mass is 16.8. The van der Waals surface area contributed by atoms with E-state index in [2.05, 4.69) is 10.6 Å². The predicted molar refractivity (Wildman–Crippen MR) is 77.5 cm³/mol. The number of nitrogens with one attached hydrogen (secondary N) is 2. The van der Waals surface area contributed by atoms with E-state index < -0.39 is 47.6 Å². The van der Waals surface area contributed by atoms with E-state index in [9.17, 15) is 9.59 Å². The molecule has 9 nitrogen and oxygen atoms in total. The minimum Gasteiger partial charge on any atom is -0.348 e. The van der Waals surface area contributed by atoms with E-state index in [1.807, 2.05) is 0 Å². The number of piperazine rings is 1. The minimum atomic E-state index is -1.62. The van der Waals surface area contributed by atoms with Crippen LogP contribution in [0.1, 0.15) is 27.7 Å². The van der Waals surface area contributed by atoms with Crippen LogP contribution >= 0.6 is 0 Å². The molecule has 0 aromatic heterocycles. The van der Waals surface area contributed by atoms with Crippen molar-refractivity contribution in [3.05, 3.63) is 0 Å². The molecule has 0 aliphatic carbocycles. The molecule has 9 heteroatoms. The van der Waals surface area contributed by atoms with Crippen molar-refractivity contribution in [2.45, 2.75) is 69.4 Å². The molecule has 24 heavy (non-hydrogen) atoms. The fraction of sp³-hybridized carbons (Fsp3) is 0.867. The Morgan fingerprint density at radius 3 is 2.38 bits per heavy atom. The van der Waals surface area contributed by atoms with Crippen molar-refractivity contribution in [1.82, 2.24) is 10.6 Å². The smallest absolute Gasteiger partial charge is 0.276 e. The van der Waals surface area contributed by atoms with Crippen LogP contribution in [0.5, 0.6) is 0 Å². The first-order valence-corrected chi connectivity index (χ1v) is 8.06. The lowest BCUT2D eigenvalue weighted by Gasteiger charge is -2.37. The van der Waals surface area contributed by atoms with Crippen molar-refractivity contribution in [3.8, 4) is 0 Å². The van der Waals surface area contributed by atoms with Crippen LogP contribution in [0.3, 0.4) is 0 Å². The topological polar surface area (TPSA) is 104 Å². The lowest BCUT2D eigenvalue weighted by Crippen LogP contribution is -2.70. The maximum absolute atomic E-state index is 12.5. The number of carbonyl (C=O) groups excluding carboxylic acids is 2. The van der Waals surface area contributed by atoms with Crippen LogP contribution in [-0.4, -0.2) is 66.7 Å². The summed E-state index contributed by atoms with van der Waals surface area (Å²) in [5.41, 5.74) is -1.62. The third-order valence-electron chi connectivity index (χ3n) is 4.64. The zero-order chi connectivity index (χ0) is 17.3. The summed E-state index contributed by atoms with van der Waals surface area (Å²) in [5.74, 6) is -2.43. The predicted octanol–water partition coefficient (Wildman–Crippen LogP) is -1.00. The minimum absolute atomic E-state index is 0.0910. The molecule has 0 aromatic rings. The molecule has 4 saturated heterocycles. The molecular weight excluding hydrogens is 320 g/mol. The number of hydrogen-bond donors (Lipinski definition) is 2. The largest absolute Gasteiger partial charge is 0.348 e.